The number of nitrogens with zero attached hydrogens (tertiary/aromatic N) is 1. The maximum absolute atomic E-state index is 13.0. The first-order chi connectivity index (χ1) is 15.0. The number of anilines is 2. The number of thiazole rings is 1. The summed E-state index contributed by atoms with van der Waals surface area (Å²) < 4.78 is 15.8. The van der Waals surface area contributed by atoms with Gasteiger partial charge in [0.05, 0.1) is 20.3 Å². The fourth-order valence-corrected chi connectivity index (χ4v) is 3.62. The van der Waals surface area contributed by atoms with Gasteiger partial charge in [-0.25, -0.2) is 9.78 Å². The van der Waals surface area contributed by atoms with E-state index in [1.54, 1.807) is 18.2 Å². The Bertz CT molecular complexity index is 1050. The van der Waals surface area contributed by atoms with E-state index in [-0.39, 0.29) is 5.91 Å². The van der Waals surface area contributed by atoms with E-state index in [1.165, 1.54) is 7.11 Å². The fraction of sp³-hybridized carbons (Fsp3) is 0.227. The molecule has 1 aromatic heterocycles. The van der Waals surface area contributed by atoms with Gasteiger partial charge >= 0.3 is 6.09 Å². The van der Waals surface area contributed by atoms with E-state index in [4.69, 9.17) is 9.47 Å². The minimum Gasteiger partial charge on any atom is -0.490 e. The molecule has 3 rings (SSSR count). The quantitative estimate of drug-likeness (QED) is 0.508. The van der Waals surface area contributed by atoms with Crippen LogP contribution in [0.2, 0.25) is 0 Å². The first-order valence-corrected chi connectivity index (χ1v) is 10.5. The highest BCUT2D eigenvalue weighted by Gasteiger charge is 2.19. The Morgan fingerprint density at radius 3 is 2.35 bits per heavy atom. The van der Waals surface area contributed by atoms with Crippen LogP contribution in [-0.4, -0.2) is 37.3 Å². The van der Waals surface area contributed by atoms with E-state index in [1.807, 2.05) is 44.2 Å². The normalized spacial score (nSPS) is 10.3. The standard InChI is InChI=1S/C22H23N3O5S/c1-4-29-16-12-11-15(13-17(16)30-5-2)19(26)24-20-18(14-9-7-6-8-10-14)23-21(31-20)25-22(27)28-3/h6-13H,4-5H2,1-3H3,(H,24,26)(H,23,25,27). The zero-order chi connectivity index (χ0) is 22.2. The van der Waals surface area contributed by atoms with Gasteiger partial charge in [0.25, 0.3) is 5.91 Å². The van der Waals surface area contributed by atoms with Gasteiger partial charge in [-0.15, -0.1) is 0 Å². The van der Waals surface area contributed by atoms with Gasteiger partial charge in [0.1, 0.15) is 10.7 Å². The van der Waals surface area contributed by atoms with Crippen LogP contribution in [0.3, 0.4) is 0 Å². The molecule has 0 fully saturated rings. The lowest BCUT2D eigenvalue weighted by atomic mass is 10.1. The van der Waals surface area contributed by atoms with Crippen LogP contribution < -0.4 is 20.1 Å². The average molecular weight is 442 g/mol. The van der Waals surface area contributed by atoms with E-state index < -0.39 is 6.09 Å². The molecule has 2 aromatic carbocycles. The van der Waals surface area contributed by atoms with Crippen molar-refractivity contribution < 1.29 is 23.8 Å². The second-order valence-corrected chi connectivity index (χ2v) is 7.16. The molecule has 0 radical (unpaired) electrons. The maximum Gasteiger partial charge on any atom is 0.413 e. The first kappa shape index (κ1) is 22.1. The van der Waals surface area contributed by atoms with Crippen molar-refractivity contribution in [3.63, 3.8) is 0 Å². The lowest BCUT2D eigenvalue weighted by molar-refractivity contribution is 0.102. The van der Waals surface area contributed by atoms with Crippen LogP contribution >= 0.6 is 11.3 Å². The van der Waals surface area contributed by atoms with Gasteiger partial charge in [-0.3, -0.25) is 10.1 Å². The van der Waals surface area contributed by atoms with Gasteiger partial charge in [-0.05, 0) is 32.0 Å². The van der Waals surface area contributed by atoms with Crippen LogP contribution in [0.1, 0.15) is 24.2 Å². The van der Waals surface area contributed by atoms with Crippen molar-refractivity contribution in [2.45, 2.75) is 13.8 Å². The summed E-state index contributed by atoms with van der Waals surface area (Å²) >= 11 is 1.14. The molecule has 8 nitrogen and oxygen atoms in total. The number of rotatable bonds is 8. The number of aromatic nitrogens is 1. The van der Waals surface area contributed by atoms with Crippen LogP contribution in [0.4, 0.5) is 14.9 Å². The van der Waals surface area contributed by atoms with Gasteiger partial charge in [0.2, 0.25) is 0 Å². The van der Waals surface area contributed by atoms with Crippen molar-refractivity contribution in [2.24, 2.45) is 0 Å². The molecule has 0 saturated carbocycles. The number of hydrogen-bond donors (Lipinski definition) is 2. The molecule has 162 valence electrons. The Hall–Kier alpha value is -3.59. The van der Waals surface area contributed by atoms with Gasteiger partial charge in [0.15, 0.2) is 16.6 Å². The maximum atomic E-state index is 13.0. The molecular weight excluding hydrogens is 418 g/mol. The van der Waals surface area contributed by atoms with E-state index in [9.17, 15) is 9.59 Å². The molecule has 0 spiro atoms. The number of ether oxygens (including phenoxy) is 3. The highest BCUT2D eigenvalue weighted by Crippen LogP contribution is 2.36. The van der Waals surface area contributed by atoms with Crippen molar-refractivity contribution in [1.29, 1.82) is 0 Å². The zero-order valence-corrected chi connectivity index (χ0v) is 18.2. The topological polar surface area (TPSA) is 98.8 Å². The van der Waals surface area contributed by atoms with E-state index in [0.29, 0.717) is 46.1 Å². The number of nitrogens with one attached hydrogen (secondary N) is 2. The summed E-state index contributed by atoms with van der Waals surface area (Å²) in [5.41, 5.74) is 1.75. The Kier molecular flexibility index (Phi) is 7.45. The Morgan fingerprint density at radius 2 is 1.68 bits per heavy atom. The van der Waals surface area contributed by atoms with E-state index in [0.717, 1.165) is 16.9 Å². The Labute approximate surface area is 184 Å². The zero-order valence-electron chi connectivity index (χ0n) is 17.4. The van der Waals surface area contributed by atoms with Crippen molar-refractivity contribution in [3.05, 3.63) is 54.1 Å². The smallest absolute Gasteiger partial charge is 0.413 e. The predicted octanol–water partition coefficient (Wildman–Crippen LogP) is 5.04. The summed E-state index contributed by atoms with van der Waals surface area (Å²) in [6.07, 6.45) is -0.640. The second kappa shape index (κ2) is 10.4. The van der Waals surface area contributed by atoms with E-state index in [2.05, 4.69) is 20.4 Å². The number of amides is 2. The SMILES string of the molecule is CCOc1ccc(C(=O)Nc2sc(NC(=O)OC)nc2-c2ccccc2)cc1OCC. The Balaban J connectivity index is 1.91. The third-order valence-corrected chi connectivity index (χ3v) is 4.99. The third-order valence-electron chi connectivity index (χ3n) is 4.10. The van der Waals surface area contributed by atoms with Crippen LogP contribution in [0.25, 0.3) is 11.3 Å². The van der Waals surface area contributed by atoms with Crippen LogP contribution in [0.15, 0.2) is 48.5 Å². The number of carbonyl (C=O) groups excluding carboxylic acids is 2. The number of hydrogen-bond acceptors (Lipinski definition) is 7. The minimum absolute atomic E-state index is 0.308. The molecule has 3 aromatic rings. The summed E-state index contributed by atoms with van der Waals surface area (Å²) in [6, 6.07) is 14.4. The van der Waals surface area contributed by atoms with Crippen LogP contribution in [0.5, 0.6) is 11.5 Å². The monoisotopic (exact) mass is 441 g/mol. The summed E-state index contributed by atoms with van der Waals surface area (Å²) in [4.78, 5) is 29.0. The average Bonchev–Trinajstić information content (AvgIpc) is 3.17. The molecule has 0 aliphatic carbocycles. The molecule has 0 atom stereocenters. The third kappa shape index (κ3) is 5.52. The fourth-order valence-electron chi connectivity index (χ4n) is 2.76. The van der Waals surface area contributed by atoms with Gasteiger partial charge in [-0.2, -0.15) is 0 Å². The molecule has 0 unspecified atom stereocenters. The molecule has 2 N–H and O–H groups in total. The van der Waals surface area contributed by atoms with Crippen molar-refractivity contribution in [2.75, 3.05) is 31.0 Å². The molecule has 0 aliphatic heterocycles. The lowest BCUT2D eigenvalue weighted by Gasteiger charge is -2.12. The molecule has 2 amide bonds. The molecule has 0 saturated heterocycles. The van der Waals surface area contributed by atoms with Crippen molar-refractivity contribution >= 4 is 33.5 Å². The second-order valence-electron chi connectivity index (χ2n) is 6.16. The summed E-state index contributed by atoms with van der Waals surface area (Å²) in [6.45, 7) is 4.68. The van der Waals surface area contributed by atoms with E-state index >= 15 is 0 Å². The summed E-state index contributed by atoms with van der Waals surface area (Å²) in [5.74, 6) is 0.736. The largest absolute Gasteiger partial charge is 0.490 e. The molecule has 1 heterocycles. The number of carbonyl (C=O) groups is 2. The lowest BCUT2D eigenvalue weighted by Crippen LogP contribution is -2.12. The summed E-state index contributed by atoms with van der Waals surface area (Å²) in [7, 11) is 1.27. The summed E-state index contributed by atoms with van der Waals surface area (Å²) in [5, 5.41) is 6.23. The van der Waals surface area contributed by atoms with Crippen LogP contribution in [-0.2, 0) is 4.74 Å². The molecule has 31 heavy (non-hydrogen) atoms. The van der Waals surface area contributed by atoms with Gasteiger partial charge in [0, 0.05) is 11.1 Å². The van der Waals surface area contributed by atoms with Crippen molar-refractivity contribution in [3.8, 4) is 22.8 Å². The first-order valence-electron chi connectivity index (χ1n) is 9.67. The molecular formula is C22H23N3O5S. The molecule has 0 aliphatic rings. The highest BCUT2D eigenvalue weighted by atomic mass is 32.1. The molecule has 9 heteroatoms. The van der Waals surface area contributed by atoms with Crippen LogP contribution in [0, 0.1) is 0 Å². The van der Waals surface area contributed by atoms with Gasteiger partial charge < -0.3 is 19.5 Å². The number of methoxy groups -OCH3 is 1. The highest BCUT2D eigenvalue weighted by molar-refractivity contribution is 7.20. The molecule has 0 bridgehead atoms. The number of benzene rings is 2. The predicted molar refractivity (Wildman–Crippen MR) is 120 cm³/mol. The van der Waals surface area contributed by atoms with Gasteiger partial charge in [-0.1, -0.05) is 41.7 Å². The minimum atomic E-state index is -0.640. The van der Waals surface area contributed by atoms with Crippen molar-refractivity contribution in [1.82, 2.24) is 4.98 Å². The Morgan fingerprint density at radius 1 is 0.968 bits per heavy atom.